The van der Waals surface area contributed by atoms with Gasteiger partial charge in [0.1, 0.15) is 0 Å². The molecular formula is C40H28. The average molecular weight is 509 g/mol. The standard InChI is InChI=1S/C40H28/c1-2-8-33-32(7-1)31(29-19-15-25-13-17-27(25)23-29)21-22-38(33)40-36-11-5-3-9-34(36)39(35-10-4-6-12-37(35)40)30-20-16-26-14-18-28(26)24-30/h1-12,15-16,19-24H,13-14,17-18H2. The number of aryl methyl sites for hydroxylation is 4. The molecule has 0 nitrogen and oxygen atoms in total. The monoisotopic (exact) mass is 508 g/mol. The number of fused-ring (bicyclic) bond motifs is 5. The third kappa shape index (κ3) is 3.14. The van der Waals surface area contributed by atoms with E-state index in [1.165, 1.54) is 114 Å². The van der Waals surface area contributed by atoms with Gasteiger partial charge in [-0.1, -0.05) is 121 Å². The first kappa shape index (κ1) is 22.2. The van der Waals surface area contributed by atoms with E-state index in [0.29, 0.717) is 0 Å². The second-order valence-corrected chi connectivity index (χ2v) is 11.5. The molecule has 40 heavy (non-hydrogen) atoms. The Morgan fingerprint density at radius 1 is 0.300 bits per heavy atom. The van der Waals surface area contributed by atoms with Crippen molar-refractivity contribution in [1.82, 2.24) is 0 Å². The molecule has 0 aromatic heterocycles. The number of hydrogen-bond donors (Lipinski definition) is 0. The Kier molecular flexibility index (Phi) is 4.66. The second kappa shape index (κ2) is 8.41. The molecule has 0 heteroatoms. The van der Waals surface area contributed by atoms with E-state index in [0.717, 1.165) is 0 Å². The molecule has 0 heterocycles. The maximum atomic E-state index is 2.44. The van der Waals surface area contributed by atoms with Gasteiger partial charge in [-0.3, -0.25) is 0 Å². The Bertz CT molecular complexity index is 2100. The fourth-order valence-corrected chi connectivity index (χ4v) is 7.21. The lowest BCUT2D eigenvalue weighted by Crippen LogP contribution is -2.07. The largest absolute Gasteiger partial charge is 0.0616 e. The Hall–Kier alpha value is -4.68. The highest BCUT2D eigenvalue weighted by Crippen LogP contribution is 2.47. The molecule has 2 aliphatic rings. The van der Waals surface area contributed by atoms with Gasteiger partial charge in [-0.25, -0.2) is 0 Å². The van der Waals surface area contributed by atoms with E-state index in [1.807, 2.05) is 0 Å². The summed E-state index contributed by atoms with van der Waals surface area (Å²) in [5.41, 5.74) is 14.0. The van der Waals surface area contributed by atoms with Crippen molar-refractivity contribution in [2.75, 3.05) is 0 Å². The summed E-state index contributed by atoms with van der Waals surface area (Å²) >= 11 is 0. The van der Waals surface area contributed by atoms with E-state index in [2.05, 4.69) is 121 Å². The van der Waals surface area contributed by atoms with Crippen molar-refractivity contribution in [2.24, 2.45) is 0 Å². The molecule has 0 unspecified atom stereocenters. The maximum absolute atomic E-state index is 2.44. The molecule has 0 radical (unpaired) electrons. The minimum absolute atomic E-state index is 1.19. The second-order valence-electron chi connectivity index (χ2n) is 11.5. The predicted molar refractivity (Wildman–Crippen MR) is 170 cm³/mol. The molecule has 0 bridgehead atoms. The van der Waals surface area contributed by atoms with Crippen LogP contribution in [0, 0.1) is 0 Å². The smallest absolute Gasteiger partial charge is 0.00201 e. The molecule has 9 rings (SSSR count). The van der Waals surface area contributed by atoms with Gasteiger partial charge >= 0.3 is 0 Å². The summed E-state index contributed by atoms with van der Waals surface area (Å²) in [6.07, 6.45) is 4.83. The van der Waals surface area contributed by atoms with Gasteiger partial charge in [0.2, 0.25) is 0 Å². The minimum Gasteiger partial charge on any atom is -0.0616 e. The zero-order chi connectivity index (χ0) is 26.2. The highest BCUT2D eigenvalue weighted by atomic mass is 14.2. The van der Waals surface area contributed by atoms with Gasteiger partial charge in [0.15, 0.2) is 0 Å². The van der Waals surface area contributed by atoms with E-state index in [1.54, 1.807) is 0 Å². The molecule has 0 spiro atoms. The first-order valence-electron chi connectivity index (χ1n) is 14.5. The van der Waals surface area contributed by atoms with Crippen LogP contribution in [0.5, 0.6) is 0 Å². The van der Waals surface area contributed by atoms with E-state index in [9.17, 15) is 0 Å². The summed E-state index contributed by atoms with van der Waals surface area (Å²) in [7, 11) is 0. The van der Waals surface area contributed by atoms with E-state index in [-0.39, 0.29) is 0 Å². The summed E-state index contributed by atoms with van der Waals surface area (Å²) in [4.78, 5) is 0. The number of hydrogen-bond acceptors (Lipinski definition) is 0. The van der Waals surface area contributed by atoms with Gasteiger partial charge in [0, 0.05) is 0 Å². The van der Waals surface area contributed by atoms with Crippen molar-refractivity contribution in [3.63, 3.8) is 0 Å². The average Bonchev–Trinajstić information content (AvgIpc) is 2.97. The molecule has 0 saturated heterocycles. The van der Waals surface area contributed by atoms with Gasteiger partial charge in [0.05, 0.1) is 0 Å². The van der Waals surface area contributed by atoms with Gasteiger partial charge < -0.3 is 0 Å². The molecule has 0 amide bonds. The van der Waals surface area contributed by atoms with Crippen molar-refractivity contribution >= 4 is 32.3 Å². The number of benzene rings is 7. The first-order valence-corrected chi connectivity index (χ1v) is 14.5. The summed E-state index contributed by atoms with van der Waals surface area (Å²) in [6, 6.07) is 45.9. The van der Waals surface area contributed by atoms with Crippen LogP contribution in [0.1, 0.15) is 22.3 Å². The number of rotatable bonds is 3. The SMILES string of the molecule is c1ccc2c(-c3c4ccccc4c(-c4ccc5c(c4)CC5)c4ccccc34)ccc(-c3ccc4c(c3)CC4)c2c1. The Morgan fingerprint density at radius 2 is 0.725 bits per heavy atom. The summed E-state index contributed by atoms with van der Waals surface area (Å²) in [5.74, 6) is 0. The lowest BCUT2D eigenvalue weighted by Gasteiger charge is -2.23. The van der Waals surface area contributed by atoms with Crippen LogP contribution in [0.25, 0.3) is 65.7 Å². The van der Waals surface area contributed by atoms with E-state index >= 15 is 0 Å². The highest BCUT2D eigenvalue weighted by molar-refractivity contribution is 6.24. The zero-order valence-electron chi connectivity index (χ0n) is 22.4. The van der Waals surface area contributed by atoms with Crippen molar-refractivity contribution in [1.29, 1.82) is 0 Å². The summed E-state index contributed by atoms with van der Waals surface area (Å²) < 4.78 is 0. The molecule has 7 aromatic carbocycles. The van der Waals surface area contributed by atoms with Crippen molar-refractivity contribution < 1.29 is 0 Å². The normalized spacial score (nSPS) is 13.6. The van der Waals surface area contributed by atoms with Gasteiger partial charge in [-0.2, -0.15) is 0 Å². The highest BCUT2D eigenvalue weighted by Gasteiger charge is 2.21. The Morgan fingerprint density at radius 3 is 1.25 bits per heavy atom. The zero-order valence-corrected chi connectivity index (χ0v) is 22.4. The fourth-order valence-electron chi connectivity index (χ4n) is 7.21. The van der Waals surface area contributed by atoms with Crippen LogP contribution in [0.2, 0.25) is 0 Å². The van der Waals surface area contributed by atoms with Gasteiger partial charge in [-0.15, -0.1) is 0 Å². The third-order valence-electron chi connectivity index (χ3n) is 9.46. The molecule has 0 aliphatic heterocycles. The molecule has 7 aromatic rings. The van der Waals surface area contributed by atoms with Crippen LogP contribution in [0.15, 0.2) is 121 Å². The lowest BCUT2D eigenvalue weighted by atomic mass is 9.81. The van der Waals surface area contributed by atoms with Gasteiger partial charge in [0.25, 0.3) is 0 Å². The third-order valence-corrected chi connectivity index (χ3v) is 9.46. The lowest BCUT2D eigenvalue weighted by molar-refractivity contribution is 0.840. The summed E-state index contributed by atoms with van der Waals surface area (Å²) in [5, 5.41) is 7.92. The van der Waals surface area contributed by atoms with Crippen molar-refractivity contribution in [2.45, 2.75) is 25.7 Å². The molecule has 0 atom stereocenters. The van der Waals surface area contributed by atoms with Crippen LogP contribution in [0.3, 0.4) is 0 Å². The molecule has 0 fully saturated rings. The van der Waals surface area contributed by atoms with Crippen LogP contribution >= 0.6 is 0 Å². The van der Waals surface area contributed by atoms with Crippen LogP contribution < -0.4 is 0 Å². The Labute approximate surface area is 234 Å². The molecular weight excluding hydrogens is 480 g/mol. The quantitative estimate of drug-likeness (QED) is 0.208. The molecule has 2 aliphatic carbocycles. The first-order chi connectivity index (χ1) is 19.8. The minimum atomic E-state index is 1.19. The fraction of sp³-hybridized carbons (Fsp3) is 0.100. The summed E-state index contributed by atoms with van der Waals surface area (Å²) in [6.45, 7) is 0. The molecule has 0 N–H and O–H groups in total. The van der Waals surface area contributed by atoms with E-state index in [4.69, 9.17) is 0 Å². The maximum Gasteiger partial charge on any atom is -0.00201 e. The van der Waals surface area contributed by atoms with Crippen LogP contribution in [0.4, 0.5) is 0 Å². The molecule has 188 valence electrons. The predicted octanol–water partition coefficient (Wildman–Crippen LogP) is 10.3. The van der Waals surface area contributed by atoms with Crippen molar-refractivity contribution in [3.05, 3.63) is 144 Å². The van der Waals surface area contributed by atoms with Gasteiger partial charge in [-0.05, 0) is 114 Å². The van der Waals surface area contributed by atoms with E-state index < -0.39 is 0 Å². The topological polar surface area (TPSA) is 0 Å². The molecule has 0 saturated carbocycles. The van der Waals surface area contributed by atoms with Crippen molar-refractivity contribution in [3.8, 4) is 33.4 Å². The Balaban J connectivity index is 1.36. The van der Waals surface area contributed by atoms with Crippen LogP contribution in [-0.4, -0.2) is 0 Å². The van der Waals surface area contributed by atoms with Crippen LogP contribution in [-0.2, 0) is 25.7 Å².